The van der Waals surface area contributed by atoms with Gasteiger partial charge in [0.05, 0.1) is 23.9 Å². The molecule has 0 unspecified atom stereocenters. The molecule has 5 nitrogen and oxygen atoms in total. The molecule has 114 valence electrons. The molecule has 1 aromatic heterocycles. The molecule has 0 spiro atoms. The van der Waals surface area contributed by atoms with Crippen molar-refractivity contribution in [1.82, 2.24) is 4.57 Å². The van der Waals surface area contributed by atoms with E-state index < -0.39 is 0 Å². The lowest BCUT2D eigenvalue weighted by atomic mass is 10.1. The van der Waals surface area contributed by atoms with Gasteiger partial charge in [0.2, 0.25) is 0 Å². The zero-order chi connectivity index (χ0) is 15.4. The second-order valence-electron chi connectivity index (χ2n) is 4.83. The van der Waals surface area contributed by atoms with Gasteiger partial charge in [-0.3, -0.25) is 0 Å². The van der Waals surface area contributed by atoms with Crippen LogP contribution in [0.3, 0.4) is 0 Å². The molecule has 0 bridgehead atoms. The van der Waals surface area contributed by atoms with Crippen LogP contribution in [0.15, 0.2) is 30.5 Å². The monoisotopic (exact) mass is 309 g/mol. The molecule has 4 N–H and O–H groups in total. The van der Waals surface area contributed by atoms with Crippen molar-refractivity contribution in [2.75, 3.05) is 36.9 Å². The van der Waals surface area contributed by atoms with Gasteiger partial charge in [0, 0.05) is 43.3 Å². The van der Waals surface area contributed by atoms with Gasteiger partial charge in [-0.15, -0.1) is 0 Å². The van der Waals surface area contributed by atoms with E-state index in [1.165, 1.54) is 0 Å². The quantitative estimate of drug-likeness (QED) is 0.710. The number of rotatable bonds is 6. The molecule has 0 aliphatic heterocycles. The van der Waals surface area contributed by atoms with Crippen molar-refractivity contribution in [3.8, 4) is 11.3 Å². The molecule has 0 saturated heterocycles. The summed E-state index contributed by atoms with van der Waals surface area (Å²) in [6, 6.07) is 7.60. The Hall–Kier alpha value is -1.69. The Balaban J connectivity index is 2.50. The predicted octanol–water partition coefficient (Wildman–Crippen LogP) is 1.72. The number of nitrogens with two attached hydrogens (primary N) is 1. The number of hydrogen-bond acceptors (Lipinski definition) is 4. The van der Waals surface area contributed by atoms with E-state index in [0.29, 0.717) is 23.8 Å². The van der Waals surface area contributed by atoms with Gasteiger partial charge in [0.1, 0.15) is 0 Å². The van der Waals surface area contributed by atoms with Gasteiger partial charge in [-0.05, 0) is 24.3 Å². The average Bonchev–Trinajstić information content (AvgIpc) is 2.87. The van der Waals surface area contributed by atoms with Crippen LogP contribution >= 0.6 is 11.6 Å². The third-order valence-corrected chi connectivity index (χ3v) is 3.75. The summed E-state index contributed by atoms with van der Waals surface area (Å²) >= 11 is 6.25. The summed E-state index contributed by atoms with van der Waals surface area (Å²) in [6.45, 7) is 0.851. The topological polar surface area (TPSA) is 74.6 Å². The number of anilines is 2. The molecule has 2 rings (SSSR count). The summed E-state index contributed by atoms with van der Waals surface area (Å²) < 4.78 is 1.97. The van der Waals surface area contributed by atoms with E-state index in [2.05, 4.69) is 0 Å². The van der Waals surface area contributed by atoms with E-state index in [4.69, 9.17) is 27.5 Å². The Morgan fingerprint density at radius 3 is 2.43 bits per heavy atom. The van der Waals surface area contributed by atoms with Crippen molar-refractivity contribution in [1.29, 1.82) is 0 Å². The summed E-state index contributed by atoms with van der Waals surface area (Å²) in [7, 11) is 1.94. The molecular formula is C15H20ClN3O2. The van der Waals surface area contributed by atoms with Crippen LogP contribution < -0.4 is 10.6 Å². The first kappa shape index (κ1) is 15.7. The Morgan fingerprint density at radius 2 is 1.90 bits per heavy atom. The highest BCUT2D eigenvalue weighted by molar-refractivity contribution is 6.34. The number of aryl methyl sites for hydroxylation is 1. The molecule has 0 fully saturated rings. The largest absolute Gasteiger partial charge is 0.397 e. The third kappa shape index (κ3) is 3.32. The van der Waals surface area contributed by atoms with E-state index in [0.717, 1.165) is 16.9 Å². The van der Waals surface area contributed by atoms with Gasteiger partial charge >= 0.3 is 0 Å². The third-order valence-electron chi connectivity index (χ3n) is 3.44. The van der Waals surface area contributed by atoms with Crippen LogP contribution in [0.4, 0.5) is 11.4 Å². The maximum atomic E-state index is 9.16. The molecule has 0 radical (unpaired) electrons. The first-order chi connectivity index (χ1) is 10.1. The second-order valence-corrected chi connectivity index (χ2v) is 5.23. The van der Waals surface area contributed by atoms with Crippen LogP contribution in [0.2, 0.25) is 5.02 Å². The van der Waals surface area contributed by atoms with Gasteiger partial charge in [-0.1, -0.05) is 11.6 Å². The van der Waals surface area contributed by atoms with Crippen LogP contribution in [0, 0.1) is 0 Å². The summed E-state index contributed by atoms with van der Waals surface area (Å²) in [5.74, 6) is 0. The first-order valence-electron chi connectivity index (χ1n) is 6.76. The van der Waals surface area contributed by atoms with Gasteiger partial charge in [-0.2, -0.15) is 0 Å². The summed E-state index contributed by atoms with van der Waals surface area (Å²) in [5, 5.41) is 18.8. The van der Waals surface area contributed by atoms with Crippen LogP contribution in [-0.2, 0) is 7.05 Å². The number of halogens is 1. The van der Waals surface area contributed by atoms with E-state index in [1.54, 1.807) is 6.07 Å². The Kier molecular flexibility index (Phi) is 5.12. The first-order valence-corrected chi connectivity index (χ1v) is 7.13. The number of hydrogen-bond donors (Lipinski definition) is 3. The highest BCUT2D eigenvalue weighted by Gasteiger charge is 2.14. The zero-order valence-corrected chi connectivity index (χ0v) is 12.7. The smallest absolute Gasteiger partial charge is 0.0663 e. The molecule has 0 atom stereocenters. The fourth-order valence-corrected chi connectivity index (χ4v) is 2.56. The Bertz CT molecular complexity index is 607. The maximum Gasteiger partial charge on any atom is 0.0663 e. The Labute approximate surface area is 129 Å². The highest BCUT2D eigenvalue weighted by atomic mass is 35.5. The van der Waals surface area contributed by atoms with Crippen LogP contribution in [0.1, 0.15) is 0 Å². The lowest BCUT2D eigenvalue weighted by molar-refractivity contribution is 0.281. The fourth-order valence-electron chi connectivity index (χ4n) is 2.35. The minimum atomic E-state index is 0.00147. The summed E-state index contributed by atoms with van der Waals surface area (Å²) in [5.41, 5.74) is 9.25. The van der Waals surface area contributed by atoms with Gasteiger partial charge < -0.3 is 25.4 Å². The average molecular weight is 310 g/mol. The molecule has 6 heteroatoms. The standard InChI is InChI=1S/C15H20ClN3O2/c1-18-4-2-3-14(18)12-9-11(10-13(16)15(12)17)19(5-7-20)6-8-21/h2-4,9-10,20-21H,5-8,17H2,1H3. The van der Waals surface area contributed by atoms with E-state index in [9.17, 15) is 0 Å². The molecule has 1 aromatic carbocycles. The van der Waals surface area contributed by atoms with Crippen molar-refractivity contribution in [3.05, 3.63) is 35.5 Å². The highest BCUT2D eigenvalue weighted by Crippen LogP contribution is 2.36. The predicted molar refractivity (Wildman–Crippen MR) is 86.7 cm³/mol. The van der Waals surface area contributed by atoms with Crippen LogP contribution in [-0.4, -0.2) is 41.1 Å². The van der Waals surface area contributed by atoms with Crippen molar-refractivity contribution in [3.63, 3.8) is 0 Å². The SMILES string of the molecule is Cn1cccc1-c1cc(N(CCO)CCO)cc(Cl)c1N. The molecule has 0 aliphatic rings. The second kappa shape index (κ2) is 6.85. The number of aliphatic hydroxyl groups excluding tert-OH is 2. The van der Waals surface area contributed by atoms with E-state index >= 15 is 0 Å². The van der Waals surface area contributed by atoms with Crippen molar-refractivity contribution >= 4 is 23.0 Å². The number of benzene rings is 1. The van der Waals surface area contributed by atoms with Gasteiger partial charge in [0.25, 0.3) is 0 Å². The lowest BCUT2D eigenvalue weighted by Gasteiger charge is -2.24. The molecule has 1 heterocycles. The normalized spacial score (nSPS) is 10.9. The van der Waals surface area contributed by atoms with Crippen molar-refractivity contribution in [2.45, 2.75) is 0 Å². The number of aliphatic hydroxyl groups is 2. The molecule has 0 saturated carbocycles. The minimum absolute atomic E-state index is 0.00147. The molecule has 0 aliphatic carbocycles. The van der Waals surface area contributed by atoms with Crippen LogP contribution in [0.5, 0.6) is 0 Å². The molecular weight excluding hydrogens is 290 g/mol. The van der Waals surface area contributed by atoms with E-state index in [-0.39, 0.29) is 13.2 Å². The lowest BCUT2D eigenvalue weighted by Crippen LogP contribution is -2.29. The van der Waals surface area contributed by atoms with Crippen molar-refractivity contribution in [2.24, 2.45) is 7.05 Å². The van der Waals surface area contributed by atoms with Crippen molar-refractivity contribution < 1.29 is 10.2 Å². The molecule has 2 aromatic rings. The Morgan fingerprint density at radius 1 is 1.24 bits per heavy atom. The number of aromatic nitrogens is 1. The van der Waals surface area contributed by atoms with Gasteiger partial charge in [-0.25, -0.2) is 0 Å². The molecule has 0 amide bonds. The van der Waals surface area contributed by atoms with Crippen LogP contribution in [0.25, 0.3) is 11.3 Å². The fraction of sp³-hybridized carbons (Fsp3) is 0.333. The van der Waals surface area contributed by atoms with E-state index in [1.807, 2.05) is 40.9 Å². The minimum Gasteiger partial charge on any atom is -0.397 e. The maximum absolute atomic E-state index is 9.16. The van der Waals surface area contributed by atoms with Gasteiger partial charge in [0.15, 0.2) is 0 Å². The number of nitrogen functional groups attached to an aromatic ring is 1. The summed E-state index contributed by atoms with van der Waals surface area (Å²) in [4.78, 5) is 1.87. The molecule has 21 heavy (non-hydrogen) atoms. The summed E-state index contributed by atoms with van der Waals surface area (Å²) in [6.07, 6.45) is 1.94. The zero-order valence-electron chi connectivity index (χ0n) is 12.0. The number of nitrogens with zero attached hydrogens (tertiary/aromatic N) is 2.